The molecular formula is C23H34ClN. The summed E-state index contributed by atoms with van der Waals surface area (Å²) in [5.74, 6) is 0. The van der Waals surface area contributed by atoms with E-state index >= 15 is 0 Å². The van der Waals surface area contributed by atoms with Gasteiger partial charge in [-0.15, -0.1) is 0 Å². The van der Waals surface area contributed by atoms with Gasteiger partial charge in [-0.05, 0) is 55.6 Å². The van der Waals surface area contributed by atoms with Crippen molar-refractivity contribution in [3.8, 4) is 0 Å². The lowest BCUT2D eigenvalue weighted by Crippen LogP contribution is -2.18. The molecule has 0 spiro atoms. The first-order chi connectivity index (χ1) is 11.6. The van der Waals surface area contributed by atoms with Crippen molar-refractivity contribution in [2.75, 3.05) is 7.05 Å². The third-order valence-electron chi connectivity index (χ3n) is 3.94. The third kappa shape index (κ3) is 7.88. The third-order valence-corrected chi connectivity index (χ3v) is 4.29. The molecule has 0 rings (SSSR count). The fourth-order valence-electron chi connectivity index (χ4n) is 2.26. The van der Waals surface area contributed by atoms with Gasteiger partial charge >= 0.3 is 0 Å². The van der Waals surface area contributed by atoms with Crippen molar-refractivity contribution in [2.24, 2.45) is 10.4 Å². The lowest BCUT2D eigenvalue weighted by Gasteiger charge is -2.19. The largest absolute Gasteiger partial charge is 0.293 e. The molecular weight excluding hydrogens is 326 g/mol. The van der Waals surface area contributed by atoms with Gasteiger partial charge in [0, 0.05) is 23.2 Å². The molecule has 0 unspecified atom stereocenters. The molecule has 0 saturated carbocycles. The molecule has 0 aliphatic heterocycles. The molecule has 0 atom stereocenters. The van der Waals surface area contributed by atoms with E-state index in [0.29, 0.717) is 5.03 Å². The van der Waals surface area contributed by atoms with Gasteiger partial charge in [0.15, 0.2) is 0 Å². The van der Waals surface area contributed by atoms with Crippen LogP contribution in [0, 0.1) is 5.41 Å². The zero-order chi connectivity index (χ0) is 19.6. The number of hydrogen-bond donors (Lipinski definition) is 0. The number of nitrogens with zero attached hydrogens (tertiary/aromatic N) is 1. The van der Waals surface area contributed by atoms with Gasteiger partial charge in [0.05, 0.1) is 0 Å². The second-order valence-corrected chi connectivity index (χ2v) is 7.44. The van der Waals surface area contributed by atoms with Crippen LogP contribution in [0.3, 0.4) is 0 Å². The monoisotopic (exact) mass is 359 g/mol. The van der Waals surface area contributed by atoms with E-state index in [4.69, 9.17) is 11.6 Å². The Morgan fingerprint density at radius 1 is 1.12 bits per heavy atom. The fraction of sp³-hybridized carbons (Fsp3) is 0.435. The SMILES string of the molecule is C=C/C(Cl)=C(\C=C/CC)C(=C/C)/C=C(C)/C(C)=C/C(=NC)C(C)(C)C. The average molecular weight is 360 g/mol. The predicted octanol–water partition coefficient (Wildman–Crippen LogP) is 7.59. The van der Waals surface area contributed by atoms with E-state index in [0.717, 1.165) is 23.3 Å². The molecule has 0 heterocycles. The number of rotatable bonds is 7. The van der Waals surface area contributed by atoms with Crippen molar-refractivity contribution >= 4 is 17.3 Å². The van der Waals surface area contributed by atoms with Crippen molar-refractivity contribution in [3.63, 3.8) is 0 Å². The minimum Gasteiger partial charge on any atom is -0.293 e. The maximum atomic E-state index is 6.38. The first kappa shape index (κ1) is 23.4. The van der Waals surface area contributed by atoms with E-state index in [1.807, 2.05) is 14.0 Å². The second kappa shape index (κ2) is 11.1. The summed E-state index contributed by atoms with van der Waals surface area (Å²) in [5.41, 5.74) is 5.59. The van der Waals surface area contributed by atoms with Crippen LogP contribution < -0.4 is 0 Å². The minimum absolute atomic E-state index is 0.0286. The maximum Gasteiger partial charge on any atom is 0.0478 e. The zero-order valence-electron chi connectivity index (χ0n) is 17.2. The fourth-order valence-corrected chi connectivity index (χ4v) is 2.43. The molecule has 0 aliphatic rings. The molecule has 138 valence electrons. The average Bonchev–Trinajstić information content (AvgIpc) is 2.56. The number of allylic oxidation sites excluding steroid dienone is 11. The molecule has 0 N–H and O–H groups in total. The molecule has 0 radical (unpaired) electrons. The van der Waals surface area contributed by atoms with E-state index < -0.39 is 0 Å². The zero-order valence-corrected chi connectivity index (χ0v) is 18.0. The summed E-state index contributed by atoms with van der Waals surface area (Å²) in [5, 5.41) is 0.661. The molecule has 0 aromatic carbocycles. The van der Waals surface area contributed by atoms with Gasteiger partial charge in [-0.1, -0.05) is 76.3 Å². The highest BCUT2D eigenvalue weighted by molar-refractivity contribution is 6.32. The number of halogens is 1. The lowest BCUT2D eigenvalue weighted by atomic mass is 9.87. The van der Waals surface area contributed by atoms with Crippen molar-refractivity contribution in [1.29, 1.82) is 0 Å². The molecule has 0 aromatic rings. The Labute approximate surface area is 160 Å². The quantitative estimate of drug-likeness (QED) is 0.328. The highest BCUT2D eigenvalue weighted by atomic mass is 35.5. The summed E-state index contributed by atoms with van der Waals surface area (Å²) in [6, 6.07) is 0. The highest BCUT2D eigenvalue weighted by Crippen LogP contribution is 2.25. The van der Waals surface area contributed by atoms with E-state index in [1.165, 1.54) is 11.1 Å². The molecule has 0 aliphatic carbocycles. The molecule has 1 nitrogen and oxygen atoms in total. The van der Waals surface area contributed by atoms with Gasteiger partial charge in [-0.2, -0.15) is 0 Å². The summed E-state index contributed by atoms with van der Waals surface area (Å²) < 4.78 is 0. The minimum atomic E-state index is 0.0286. The van der Waals surface area contributed by atoms with Gasteiger partial charge in [-0.25, -0.2) is 0 Å². The van der Waals surface area contributed by atoms with Crippen molar-refractivity contribution in [1.82, 2.24) is 0 Å². The van der Waals surface area contributed by atoms with Gasteiger partial charge in [0.2, 0.25) is 0 Å². The van der Waals surface area contributed by atoms with Crippen LogP contribution in [0.4, 0.5) is 0 Å². The molecule has 0 bridgehead atoms. The Morgan fingerprint density at radius 3 is 2.08 bits per heavy atom. The molecule has 0 fully saturated rings. The Morgan fingerprint density at radius 2 is 1.68 bits per heavy atom. The van der Waals surface area contributed by atoms with E-state index in [-0.39, 0.29) is 5.41 Å². The van der Waals surface area contributed by atoms with Crippen LogP contribution in [0.5, 0.6) is 0 Å². The van der Waals surface area contributed by atoms with Crippen LogP contribution >= 0.6 is 11.6 Å². The molecule has 0 aromatic heterocycles. The van der Waals surface area contributed by atoms with Crippen LogP contribution in [0.1, 0.15) is 54.9 Å². The van der Waals surface area contributed by atoms with Crippen molar-refractivity contribution < 1.29 is 0 Å². The maximum absolute atomic E-state index is 6.38. The Kier molecular flexibility index (Phi) is 10.4. The summed E-state index contributed by atoms with van der Waals surface area (Å²) in [7, 11) is 1.85. The molecule has 0 saturated heterocycles. The summed E-state index contributed by atoms with van der Waals surface area (Å²) in [4.78, 5) is 4.44. The van der Waals surface area contributed by atoms with Crippen LogP contribution in [-0.2, 0) is 0 Å². The first-order valence-electron chi connectivity index (χ1n) is 8.81. The lowest BCUT2D eigenvalue weighted by molar-refractivity contribution is 0.593. The highest BCUT2D eigenvalue weighted by Gasteiger charge is 2.16. The summed E-state index contributed by atoms with van der Waals surface area (Å²) >= 11 is 6.38. The van der Waals surface area contributed by atoms with Crippen molar-refractivity contribution in [2.45, 2.75) is 54.9 Å². The van der Waals surface area contributed by atoms with Crippen molar-refractivity contribution in [3.05, 3.63) is 70.4 Å². The Balaban J connectivity index is 5.95. The van der Waals surface area contributed by atoms with E-state index in [1.54, 1.807) is 6.08 Å². The van der Waals surface area contributed by atoms with Crippen LogP contribution in [0.25, 0.3) is 0 Å². The molecule has 2 heteroatoms. The van der Waals surface area contributed by atoms with Crippen LogP contribution in [0.15, 0.2) is 75.4 Å². The van der Waals surface area contributed by atoms with Gasteiger partial charge in [0.25, 0.3) is 0 Å². The van der Waals surface area contributed by atoms with Gasteiger partial charge in [-0.3, -0.25) is 4.99 Å². The first-order valence-corrected chi connectivity index (χ1v) is 9.19. The summed E-state index contributed by atoms with van der Waals surface area (Å²) in [6.45, 7) is 18.7. The number of aliphatic imine (C=N–C) groups is 1. The van der Waals surface area contributed by atoms with Gasteiger partial charge < -0.3 is 0 Å². The normalized spacial score (nSPS) is 16.4. The van der Waals surface area contributed by atoms with E-state index in [9.17, 15) is 0 Å². The van der Waals surface area contributed by atoms with Gasteiger partial charge in [0.1, 0.15) is 0 Å². The number of hydrogen-bond acceptors (Lipinski definition) is 1. The topological polar surface area (TPSA) is 12.4 Å². The molecule has 25 heavy (non-hydrogen) atoms. The molecule has 0 amide bonds. The Bertz CT molecular complexity index is 644. The summed E-state index contributed by atoms with van der Waals surface area (Å²) in [6.07, 6.45) is 13.2. The van der Waals surface area contributed by atoms with Crippen LogP contribution in [0.2, 0.25) is 0 Å². The smallest absolute Gasteiger partial charge is 0.0478 e. The standard InChI is InChI=1S/C23H34ClN/c1-10-13-14-20(21(24)12-3)19(11-2)15-17(4)18(5)16-22(25-9)23(6,7)8/h11-16H,3,10H2,1-2,4-9H3/b14-13-,17-15+,18-16+,19-11+,21-20-,25-22?. The van der Waals surface area contributed by atoms with E-state index in [2.05, 4.69) is 83.5 Å². The predicted molar refractivity (Wildman–Crippen MR) is 117 cm³/mol. The van der Waals surface area contributed by atoms with Crippen LogP contribution in [-0.4, -0.2) is 12.8 Å². The Hall–Kier alpha value is -1.60. The second-order valence-electron chi connectivity index (χ2n) is 7.03.